The molecule has 0 N–H and O–H groups in total. The lowest BCUT2D eigenvalue weighted by Crippen LogP contribution is -2.12. The highest BCUT2D eigenvalue weighted by Gasteiger charge is 2.25. The molecule has 3 aromatic heterocycles. The summed E-state index contributed by atoms with van der Waals surface area (Å²) in [6.45, 7) is 0. The number of furan rings is 1. The Morgan fingerprint density at radius 3 is 1.92 bits per heavy atom. The molecule has 3 heterocycles. The maximum Gasteiger partial charge on any atom is 0.136 e. The van der Waals surface area contributed by atoms with E-state index >= 15 is 0 Å². The molecule has 4 heteroatoms. The number of para-hydroxylation sites is 4. The Bertz CT molecular complexity index is 3850. The van der Waals surface area contributed by atoms with Crippen LogP contribution in [-0.2, 0) is 0 Å². The number of hydrogen-bond donors (Lipinski definition) is 0. The fraction of sp³-hybridized carbons (Fsp3) is 0. The van der Waals surface area contributed by atoms with Gasteiger partial charge in [0.1, 0.15) is 11.2 Å². The molecule has 0 atom stereocenters. The van der Waals surface area contributed by atoms with Crippen molar-refractivity contribution in [2.75, 3.05) is 4.90 Å². The van der Waals surface area contributed by atoms with Crippen molar-refractivity contribution in [3.05, 3.63) is 218 Å². The van der Waals surface area contributed by atoms with Crippen molar-refractivity contribution in [3.63, 3.8) is 0 Å². The second kappa shape index (κ2) is 13.8. The van der Waals surface area contributed by atoms with Gasteiger partial charge in [0.05, 0.1) is 22.4 Å². The number of anilines is 3. The van der Waals surface area contributed by atoms with E-state index in [0.717, 1.165) is 55.8 Å². The van der Waals surface area contributed by atoms with Crippen molar-refractivity contribution < 1.29 is 4.42 Å². The third-order valence-electron chi connectivity index (χ3n) is 12.6. The van der Waals surface area contributed by atoms with Crippen LogP contribution in [0.4, 0.5) is 17.1 Å². The molecule has 0 saturated heterocycles. The fourth-order valence-electron chi connectivity index (χ4n) is 9.86. The highest BCUT2D eigenvalue weighted by Crippen LogP contribution is 2.51. The summed E-state index contributed by atoms with van der Waals surface area (Å²) < 4.78 is 11.4. The molecule has 0 radical (unpaired) electrons. The van der Waals surface area contributed by atoms with Crippen LogP contribution in [-0.4, -0.2) is 4.57 Å². The lowest BCUT2D eigenvalue weighted by Gasteiger charge is -2.29. The molecule has 290 valence electrons. The van der Waals surface area contributed by atoms with Gasteiger partial charge in [-0.1, -0.05) is 152 Å². The third kappa shape index (κ3) is 5.30. The summed E-state index contributed by atoms with van der Waals surface area (Å²) >= 11 is 1.88. The zero-order valence-corrected chi connectivity index (χ0v) is 34.3. The monoisotopic (exact) mass is 808 g/mol. The Hall–Kier alpha value is -7.92. The van der Waals surface area contributed by atoms with E-state index in [0.29, 0.717) is 0 Å². The second-order valence-electron chi connectivity index (χ2n) is 16.0. The van der Waals surface area contributed by atoms with E-state index in [2.05, 4.69) is 222 Å². The summed E-state index contributed by atoms with van der Waals surface area (Å²) in [6, 6.07) is 79.3. The summed E-state index contributed by atoms with van der Waals surface area (Å²) in [5.41, 5.74) is 13.3. The van der Waals surface area contributed by atoms with Crippen LogP contribution in [0.1, 0.15) is 0 Å². The second-order valence-corrected chi connectivity index (χ2v) is 17.1. The van der Waals surface area contributed by atoms with Gasteiger partial charge < -0.3 is 13.9 Å². The van der Waals surface area contributed by atoms with Gasteiger partial charge in [-0.3, -0.25) is 0 Å². The van der Waals surface area contributed by atoms with Crippen LogP contribution < -0.4 is 4.90 Å². The van der Waals surface area contributed by atoms with Crippen LogP contribution >= 0.6 is 11.3 Å². The van der Waals surface area contributed by atoms with Gasteiger partial charge in [0.15, 0.2) is 0 Å². The van der Waals surface area contributed by atoms with Gasteiger partial charge in [-0.2, -0.15) is 0 Å². The van der Waals surface area contributed by atoms with Crippen molar-refractivity contribution in [2.45, 2.75) is 0 Å². The predicted molar refractivity (Wildman–Crippen MR) is 264 cm³/mol. The molecule has 3 nitrogen and oxygen atoms in total. The Morgan fingerprint density at radius 1 is 0.403 bits per heavy atom. The van der Waals surface area contributed by atoms with E-state index in [-0.39, 0.29) is 0 Å². The summed E-state index contributed by atoms with van der Waals surface area (Å²) in [4.78, 5) is 2.49. The first-order valence-electron chi connectivity index (χ1n) is 21.1. The Morgan fingerprint density at radius 2 is 1.06 bits per heavy atom. The van der Waals surface area contributed by atoms with Crippen molar-refractivity contribution >= 4 is 103 Å². The minimum Gasteiger partial charge on any atom is -0.456 e. The van der Waals surface area contributed by atoms with Crippen molar-refractivity contribution in [3.8, 4) is 27.9 Å². The number of thiophene rings is 1. The number of aromatic nitrogens is 1. The molecule has 13 rings (SSSR count). The molecule has 0 bridgehead atoms. The van der Waals surface area contributed by atoms with Gasteiger partial charge in [-0.25, -0.2) is 0 Å². The van der Waals surface area contributed by atoms with E-state index in [9.17, 15) is 0 Å². The molecule has 0 aliphatic rings. The predicted octanol–water partition coefficient (Wildman–Crippen LogP) is 17.0. The number of hydrogen-bond acceptors (Lipinski definition) is 3. The summed E-state index contributed by atoms with van der Waals surface area (Å²) in [5, 5.41) is 9.65. The minimum absolute atomic E-state index is 0.884. The SMILES string of the molecule is c1cc(-c2ccc(N(c3ccc4ccccc4c3)c3ccccc3-c3cccc4oc5ccccc5c34)c3c2sc2ccccc23)cc(-n2c3ccccc3c3ccccc32)c1. The van der Waals surface area contributed by atoms with Gasteiger partial charge in [0.25, 0.3) is 0 Å². The molecule has 0 spiro atoms. The molecule has 10 aromatic carbocycles. The van der Waals surface area contributed by atoms with E-state index in [1.54, 1.807) is 0 Å². The van der Waals surface area contributed by atoms with Crippen LogP contribution in [0.15, 0.2) is 223 Å². The van der Waals surface area contributed by atoms with Crippen molar-refractivity contribution in [2.24, 2.45) is 0 Å². The van der Waals surface area contributed by atoms with Crippen LogP contribution in [0.5, 0.6) is 0 Å². The van der Waals surface area contributed by atoms with Gasteiger partial charge in [-0.15, -0.1) is 11.3 Å². The maximum atomic E-state index is 6.44. The zero-order chi connectivity index (χ0) is 40.7. The highest BCUT2D eigenvalue weighted by atomic mass is 32.1. The lowest BCUT2D eigenvalue weighted by molar-refractivity contribution is 0.669. The molecule has 0 amide bonds. The first-order valence-corrected chi connectivity index (χ1v) is 21.9. The number of rotatable bonds is 6. The molecule has 0 aliphatic heterocycles. The number of nitrogens with zero attached hydrogens (tertiary/aromatic N) is 2. The Kier molecular flexibility index (Phi) is 7.78. The van der Waals surface area contributed by atoms with Crippen LogP contribution in [0.2, 0.25) is 0 Å². The molecular weight excluding hydrogens is 773 g/mol. The normalized spacial score (nSPS) is 11.9. The third-order valence-corrected chi connectivity index (χ3v) is 13.8. The van der Waals surface area contributed by atoms with E-state index in [1.165, 1.54) is 63.9 Å². The minimum atomic E-state index is 0.884. The van der Waals surface area contributed by atoms with Crippen molar-refractivity contribution in [1.29, 1.82) is 0 Å². The first-order chi connectivity index (χ1) is 30.8. The molecule has 62 heavy (non-hydrogen) atoms. The van der Waals surface area contributed by atoms with E-state index in [1.807, 2.05) is 17.4 Å². The first kappa shape index (κ1) is 34.9. The lowest BCUT2D eigenvalue weighted by atomic mass is 9.95. The smallest absolute Gasteiger partial charge is 0.136 e. The van der Waals surface area contributed by atoms with Crippen molar-refractivity contribution in [1.82, 2.24) is 4.57 Å². The zero-order valence-electron chi connectivity index (χ0n) is 33.5. The Labute approximate surface area is 361 Å². The van der Waals surface area contributed by atoms with Crippen LogP contribution in [0, 0.1) is 0 Å². The number of fused-ring (bicyclic) bond motifs is 10. The molecule has 0 aliphatic carbocycles. The van der Waals surface area contributed by atoms with E-state index in [4.69, 9.17) is 4.42 Å². The maximum absolute atomic E-state index is 6.44. The molecule has 0 unspecified atom stereocenters. The summed E-state index contributed by atoms with van der Waals surface area (Å²) in [7, 11) is 0. The van der Waals surface area contributed by atoms with Gasteiger partial charge in [-0.05, 0) is 94.2 Å². The molecule has 0 fully saturated rings. The summed E-state index contributed by atoms with van der Waals surface area (Å²) in [5.74, 6) is 0. The van der Waals surface area contributed by atoms with Gasteiger partial charge in [0, 0.05) is 58.7 Å². The standard InChI is InChI=1S/C58H36N2OS/c1-2-16-38-35-41(32-31-37(38)15-1)60(51-27-10-5-21-45(51)46-24-14-29-54-56(46)47-22-6-11-28-53(47)61-54)52-34-33-42(58-57(52)48-23-7-12-30-55(48)62-58)39-17-13-18-40(36-39)59-49-25-8-3-19-43(49)44-20-4-9-26-50(44)59/h1-36H. The number of benzene rings is 10. The van der Waals surface area contributed by atoms with Crippen LogP contribution in [0.3, 0.4) is 0 Å². The molecular formula is C58H36N2OS. The topological polar surface area (TPSA) is 21.3 Å². The van der Waals surface area contributed by atoms with Crippen LogP contribution in [0.25, 0.3) is 103 Å². The largest absolute Gasteiger partial charge is 0.456 e. The average molecular weight is 809 g/mol. The molecule has 0 saturated carbocycles. The average Bonchev–Trinajstić information content (AvgIpc) is 4.02. The van der Waals surface area contributed by atoms with E-state index < -0.39 is 0 Å². The molecule has 13 aromatic rings. The quantitative estimate of drug-likeness (QED) is 0.167. The van der Waals surface area contributed by atoms with Gasteiger partial charge >= 0.3 is 0 Å². The highest BCUT2D eigenvalue weighted by molar-refractivity contribution is 7.26. The summed E-state index contributed by atoms with van der Waals surface area (Å²) in [6.07, 6.45) is 0. The Balaban J connectivity index is 1.07. The van der Waals surface area contributed by atoms with Gasteiger partial charge in [0.2, 0.25) is 0 Å². The fourth-order valence-corrected chi connectivity index (χ4v) is 11.1.